The van der Waals surface area contributed by atoms with Crippen molar-refractivity contribution in [3.8, 4) is 0 Å². The van der Waals surface area contributed by atoms with Gasteiger partial charge in [-0.3, -0.25) is 9.59 Å². The van der Waals surface area contributed by atoms with Gasteiger partial charge < -0.3 is 10.1 Å². The summed E-state index contributed by atoms with van der Waals surface area (Å²) in [5, 5.41) is 3.25. The van der Waals surface area contributed by atoms with Gasteiger partial charge in [0.1, 0.15) is 5.78 Å². The zero-order valence-corrected chi connectivity index (χ0v) is 12.0. The molecule has 0 aromatic heterocycles. The van der Waals surface area contributed by atoms with Crippen LogP contribution in [0.1, 0.15) is 38.2 Å². The number of halogens is 1. The largest absolute Gasteiger partial charge is 0.356 e. The summed E-state index contributed by atoms with van der Waals surface area (Å²) in [6, 6.07) is 5.28. The summed E-state index contributed by atoms with van der Waals surface area (Å²) in [6.45, 7) is 2.03. The highest BCUT2D eigenvalue weighted by molar-refractivity contribution is 6.33. The Kier molecular flexibility index (Phi) is 3.30. The number of hydrogen-bond donors (Lipinski definition) is 1. The molecule has 0 saturated carbocycles. The van der Waals surface area contributed by atoms with Gasteiger partial charge in [0, 0.05) is 29.1 Å². The Balaban J connectivity index is 2.07. The van der Waals surface area contributed by atoms with Gasteiger partial charge in [-0.1, -0.05) is 31.0 Å². The summed E-state index contributed by atoms with van der Waals surface area (Å²) in [5.41, 5.74) is 0.0244. The van der Waals surface area contributed by atoms with Crippen LogP contribution < -0.4 is 5.32 Å². The highest BCUT2D eigenvalue weighted by Crippen LogP contribution is 2.48. The van der Waals surface area contributed by atoms with Gasteiger partial charge in [0.2, 0.25) is 0 Å². The van der Waals surface area contributed by atoms with Crippen LogP contribution in [0.2, 0.25) is 5.02 Å². The number of rotatable bonds is 2. The highest BCUT2D eigenvalue weighted by atomic mass is 35.5. The number of benzene rings is 1. The lowest BCUT2D eigenvalue weighted by Crippen LogP contribution is -2.47. The molecule has 5 heteroatoms. The van der Waals surface area contributed by atoms with Gasteiger partial charge >= 0.3 is 0 Å². The average molecular weight is 294 g/mol. The van der Waals surface area contributed by atoms with Crippen LogP contribution in [0.4, 0.5) is 5.69 Å². The van der Waals surface area contributed by atoms with Crippen LogP contribution in [0.15, 0.2) is 18.2 Å². The maximum atomic E-state index is 12.4. The van der Waals surface area contributed by atoms with E-state index in [9.17, 15) is 9.59 Å². The zero-order valence-electron chi connectivity index (χ0n) is 11.2. The zero-order chi connectivity index (χ0) is 14.3. The molecule has 2 aliphatic heterocycles. The molecule has 2 heterocycles. The third kappa shape index (κ3) is 1.95. The molecular formula is C15H16ClNO3. The van der Waals surface area contributed by atoms with Crippen LogP contribution in [0, 0.1) is 0 Å². The van der Waals surface area contributed by atoms with Gasteiger partial charge in [0.15, 0.2) is 5.60 Å². The van der Waals surface area contributed by atoms with Gasteiger partial charge in [-0.2, -0.15) is 0 Å². The molecule has 2 unspecified atom stereocenters. The van der Waals surface area contributed by atoms with E-state index in [0.717, 1.165) is 12.8 Å². The molecule has 0 radical (unpaired) electrons. The molecule has 4 nitrogen and oxygen atoms in total. The molecule has 3 rings (SSSR count). The number of amides is 1. The number of hydrogen-bond acceptors (Lipinski definition) is 3. The second kappa shape index (κ2) is 4.86. The first-order valence-electron chi connectivity index (χ1n) is 6.87. The molecule has 1 aromatic carbocycles. The number of nitrogens with one attached hydrogen (secondary N) is 1. The third-order valence-corrected chi connectivity index (χ3v) is 4.23. The Bertz CT molecular complexity index is 586. The first-order valence-corrected chi connectivity index (χ1v) is 7.24. The first-order chi connectivity index (χ1) is 9.56. The van der Waals surface area contributed by atoms with E-state index in [4.69, 9.17) is 16.3 Å². The van der Waals surface area contributed by atoms with Crippen LogP contribution in [0.5, 0.6) is 0 Å². The van der Waals surface area contributed by atoms with Gasteiger partial charge in [-0.25, -0.2) is 0 Å². The number of ketones is 1. The summed E-state index contributed by atoms with van der Waals surface area (Å²) in [7, 11) is 0. The number of fused-ring (bicyclic) bond motifs is 2. The van der Waals surface area contributed by atoms with Crippen molar-refractivity contribution < 1.29 is 14.3 Å². The van der Waals surface area contributed by atoms with Crippen molar-refractivity contribution in [3.05, 3.63) is 28.8 Å². The van der Waals surface area contributed by atoms with Crippen molar-refractivity contribution in [2.24, 2.45) is 0 Å². The van der Waals surface area contributed by atoms with Crippen molar-refractivity contribution >= 4 is 29.0 Å². The fourth-order valence-corrected chi connectivity index (χ4v) is 3.44. The number of anilines is 1. The SMILES string of the molecule is CCCC1CC(=O)CC2(O1)C(=O)Nc1cccc(Cl)c12. The fraction of sp³-hybridized carbons (Fsp3) is 0.467. The standard InChI is InChI=1S/C15H16ClNO3/c1-2-4-10-7-9(18)8-15(20-10)13-11(16)5-3-6-12(13)17-14(15)19/h3,5-6,10H,2,4,7-8H2,1H3,(H,17,19). The van der Waals surface area contributed by atoms with Crippen molar-refractivity contribution in [1.29, 1.82) is 0 Å². The minimum Gasteiger partial charge on any atom is -0.356 e. The molecule has 2 aliphatic rings. The lowest BCUT2D eigenvalue weighted by molar-refractivity contribution is -0.170. The monoisotopic (exact) mass is 293 g/mol. The van der Waals surface area contributed by atoms with E-state index in [1.807, 2.05) is 6.92 Å². The van der Waals surface area contributed by atoms with E-state index in [1.54, 1.807) is 18.2 Å². The average Bonchev–Trinajstić information content (AvgIpc) is 2.63. The van der Waals surface area contributed by atoms with E-state index < -0.39 is 5.60 Å². The van der Waals surface area contributed by atoms with Crippen molar-refractivity contribution in [2.45, 2.75) is 44.3 Å². The fourth-order valence-electron chi connectivity index (χ4n) is 3.11. The Morgan fingerprint density at radius 1 is 1.45 bits per heavy atom. The Labute approximate surface area is 122 Å². The molecular weight excluding hydrogens is 278 g/mol. The van der Waals surface area contributed by atoms with Gasteiger partial charge in [-0.15, -0.1) is 0 Å². The van der Waals surface area contributed by atoms with E-state index in [-0.39, 0.29) is 24.2 Å². The molecule has 0 bridgehead atoms. The molecule has 20 heavy (non-hydrogen) atoms. The van der Waals surface area contributed by atoms with E-state index in [1.165, 1.54) is 0 Å². The van der Waals surface area contributed by atoms with Crippen LogP contribution in [0.3, 0.4) is 0 Å². The lowest BCUT2D eigenvalue weighted by Gasteiger charge is -2.36. The Morgan fingerprint density at radius 2 is 2.25 bits per heavy atom. The maximum absolute atomic E-state index is 12.4. The van der Waals surface area contributed by atoms with Crippen LogP contribution in [0.25, 0.3) is 0 Å². The van der Waals surface area contributed by atoms with Crippen LogP contribution in [-0.2, 0) is 19.9 Å². The smallest absolute Gasteiger partial charge is 0.261 e. The molecule has 1 spiro atoms. The molecule has 1 amide bonds. The van der Waals surface area contributed by atoms with E-state index >= 15 is 0 Å². The number of Topliss-reactive ketones (excluding diaryl/α,β-unsaturated/α-hetero) is 1. The molecule has 1 N–H and O–H groups in total. The highest BCUT2D eigenvalue weighted by Gasteiger charge is 2.54. The minimum atomic E-state index is -1.23. The Morgan fingerprint density at radius 3 is 3.00 bits per heavy atom. The topological polar surface area (TPSA) is 55.4 Å². The van der Waals surface area contributed by atoms with Gasteiger partial charge in [0.25, 0.3) is 5.91 Å². The Hall–Kier alpha value is -1.39. The van der Waals surface area contributed by atoms with Crippen LogP contribution in [-0.4, -0.2) is 17.8 Å². The summed E-state index contributed by atoms with van der Waals surface area (Å²) in [4.78, 5) is 24.5. The number of carbonyl (C=O) groups excluding carboxylic acids is 2. The predicted molar refractivity (Wildman–Crippen MR) is 75.8 cm³/mol. The molecule has 1 aromatic rings. The minimum absolute atomic E-state index is 0.0534. The van der Waals surface area contributed by atoms with Crippen molar-refractivity contribution in [2.75, 3.05) is 5.32 Å². The van der Waals surface area contributed by atoms with E-state index in [0.29, 0.717) is 22.7 Å². The van der Waals surface area contributed by atoms with E-state index in [2.05, 4.69) is 5.32 Å². The van der Waals surface area contributed by atoms with Gasteiger partial charge in [-0.05, 0) is 18.6 Å². The normalized spacial score (nSPS) is 28.6. The number of carbonyl (C=O) groups is 2. The first kappa shape index (κ1) is 13.6. The molecule has 2 atom stereocenters. The molecule has 106 valence electrons. The maximum Gasteiger partial charge on any atom is 0.261 e. The molecule has 1 fully saturated rings. The second-order valence-electron chi connectivity index (χ2n) is 5.39. The molecule has 0 aliphatic carbocycles. The second-order valence-corrected chi connectivity index (χ2v) is 5.80. The van der Waals surface area contributed by atoms with Crippen LogP contribution >= 0.6 is 11.6 Å². The summed E-state index contributed by atoms with van der Waals surface area (Å²) in [6.07, 6.45) is 1.90. The number of ether oxygens (including phenoxy) is 1. The lowest BCUT2D eigenvalue weighted by atomic mass is 9.84. The third-order valence-electron chi connectivity index (χ3n) is 3.91. The quantitative estimate of drug-likeness (QED) is 0.912. The summed E-state index contributed by atoms with van der Waals surface area (Å²) in [5.74, 6) is -0.229. The van der Waals surface area contributed by atoms with Crippen molar-refractivity contribution in [1.82, 2.24) is 0 Å². The van der Waals surface area contributed by atoms with Crippen molar-refractivity contribution in [3.63, 3.8) is 0 Å². The predicted octanol–water partition coefficient (Wildman–Crippen LogP) is 3.04. The molecule has 1 saturated heterocycles. The summed E-state index contributed by atoms with van der Waals surface area (Å²) < 4.78 is 6.05. The summed E-state index contributed by atoms with van der Waals surface area (Å²) >= 11 is 6.25. The van der Waals surface area contributed by atoms with Gasteiger partial charge in [0.05, 0.1) is 6.10 Å².